The predicted molar refractivity (Wildman–Crippen MR) is 117 cm³/mol. The second-order valence-electron chi connectivity index (χ2n) is 6.36. The zero-order valence-corrected chi connectivity index (χ0v) is 17.3. The van der Waals surface area contributed by atoms with Crippen LogP contribution >= 0.6 is 11.3 Å². The second kappa shape index (κ2) is 9.47. The monoisotopic (exact) mass is 442 g/mol. The van der Waals surface area contributed by atoms with Crippen LogP contribution < -0.4 is 11.1 Å². The summed E-state index contributed by atoms with van der Waals surface area (Å²) in [5.41, 5.74) is 7.31. The van der Waals surface area contributed by atoms with Crippen LogP contribution in [0.25, 0.3) is 10.4 Å². The van der Waals surface area contributed by atoms with Crippen molar-refractivity contribution in [3.63, 3.8) is 0 Å². The van der Waals surface area contributed by atoms with Gasteiger partial charge in [-0.2, -0.15) is 0 Å². The van der Waals surface area contributed by atoms with Gasteiger partial charge in [-0.15, -0.1) is 11.3 Å². The molecule has 3 aromatic rings. The summed E-state index contributed by atoms with van der Waals surface area (Å²) in [5, 5.41) is 11.9. The number of hydrogen-bond acceptors (Lipinski definition) is 5. The molecule has 0 aliphatic carbocycles. The van der Waals surface area contributed by atoms with Crippen molar-refractivity contribution in [3.8, 4) is 10.4 Å². The van der Waals surface area contributed by atoms with Gasteiger partial charge in [0.05, 0.1) is 11.1 Å². The lowest BCUT2D eigenvalue weighted by Gasteiger charge is -2.05. The molecule has 1 aromatic heterocycles. The van der Waals surface area contributed by atoms with Gasteiger partial charge in [0.25, 0.3) is 5.91 Å². The Balaban J connectivity index is 1.66. The molecule has 2 aromatic carbocycles. The third kappa shape index (κ3) is 5.40. The molecule has 0 saturated carbocycles. The molecule has 2 amide bonds. The summed E-state index contributed by atoms with van der Waals surface area (Å²) >= 11 is 1.22. The van der Waals surface area contributed by atoms with Gasteiger partial charge in [-0.3, -0.25) is 13.8 Å². The summed E-state index contributed by atoms with van der Waals surface area (Å²) in [6.45, 7) is 0. The Kier molecular flexibility index (Phi) is 6.76. The summed E-state index contributed by atoms with van der Waals surface area (Å²) in [7, 11) is -1.51. The quantitative estimate of drug-likeness (QED) is 0.494. The van der Waals surface area contributed by atoms with Gasteiger partial charge in [-0.1, -0.05) is 42.5 Å². The molecule has 0 fully saturated rings. The first-order chi connectivity index (χ1) is 14.3. The van der Waals surface area contributed by atoms with Crippen LogP contribution in [0, 0.1) is 0 Å². The Bertz CT molecular complexity index is 1110. The molecule has 3 rings (SSSR count). The minimum atomic E-state index is -1.51. The van der Waals surface area contributed by atoms with E-state index in [-0.39, 0.29) is 22.6 Å². The summed E-state index contributed by atoms with van der Waals surface area (Å²) in [4.78, 5) is 35.8. The molecule has 0 aliphatic rings. The van der Waals surface area contributed by atoms with E-state index in [1.807, 2.05) is 30.3 Å². The van der Waals surface area contributed by atoms with Crippen molar-refractivity contribution in [2.24, 2.45) is 5.73 Å². The average molecular weight is 443 g/mol. The minimum Gasteiger partial charge on any atom is -0.478 e. The number of carboxylic acids is 1. The SMILES string of the molecule is NC(=O)c1cc(-c2ccccc2)sc1NC(=O)CS(=O)Cc1ccc(C(=O)O)cc1. The number of anilines is 1. The number of thiophene rings is 1. The van der Waals surface area contributed by atoms with Crippen molar-refractivity contribution in [1.29, 1.82) is 0 Å². The lowest BCUT2D eigenvalue weighted by atomic mass is 10.1. The highest BCUT2D eigenvalue weighted by atomic mass is 32.2. The number of nitrogens with two attached hydrogens (primary N) is 1. The third-order valence-electron chi connectivity index (χ3n) is 4.13. The third-order valence-corrected chi connectivity index (χ3v) is 6.47. The number of hydrogen-bond donors (Lipinski definition) is 3. The molecule has 0 bridgehead atoms. The maximum atomic E-state index is 12.3. The molecular formula is C21H18N2O5S2. The van der Waals surface area contributed by atoms with E-state index < -0.39 is 28.6 Å². The molecule has 4 N–H and O–H groups in total. The molecule has 154 valence electrons. The number of benzene rings is 2. The number of carbonyl (C=O) groups excluding carboxylic acids is 2. The first-order valence-electron chi connectivity index (χ1n) is 8.79. The summed E-state index contributed by atoms with van der Waals surface area (Å²) in [6, 6.07) is 17.0. The van der Waals surface area contributed by atoms with Gasteiger partial charge < -0.3 is 16.2 Å². The number of aromatic carboxylic acids is 1. The fraction of sp³-hybridized carbons (Fsp3) is 0.0952. The molecule has 1 unspecified atom stereocenters. The minimum absolute atomic E-state index is 0.107. The van der Waals surface area contributed by atoms with Crippen LogP contribution in [0.15, 0.2) is 60.7 Å². The summed E-state index contributed by atoms with van der Waals surface area (Å²) in [5.74, 6) is -2.37. The van der Waals surface area contributed by atoms with Crippen LogP contribution in [-0.4, -0.2) is 32.9 Å². The Morgan fingerprint density at radius 2 is 1.70 bits per heavy atom. The van der Waals surface area contributed by atoms with E-state index in [4.69, 9.17) is 10.8 Å². The zero-order valence-electron chi connectivity index (χ0n) is 15.7. The highest BCUT2D eigenvalue weighted by Crippen LogP contribution is 2.35. The Hall–Kier alpha value is -3.30. The van der Waals surface area contributed by atoms with E-state index >= 15 is 0 Å². The molecule has 7 nitrogen and oxygen atoms in total. The summed E-state index contributed by atoms with van der Waals surface area (Å²) < 4.78 is 12.3. The summed E-state index contributed by atoms with van der Waals surface area (Å²) in [6.07, 6.45) is 0. The zero-order chi connectivity index (χ0) is 21.7. The number of rotatable bonds is 8. The van der Waals surface area contributed by atoms with E-state index in [0.717, 1.165) is 10.4 Å². The molecule has 0 radical (unpaired) electrons. The van der Waals surface area contributed by atoms with E-state index in [0.29, 0.717) is 10.6 Å². The van der Waals surface area contributed by atoms with E-state index in [9.17, 15) is 18.6 Å². The van der Waals surface area contributed by atoms with Gasteiger partial charge in [0, 0.05) is 21.4 Å². The van der Waals surface area contributed by atoms with Crippen molar-refractivity contribution in [2.45, 2.75) is 5.75 Å². The van der Waals surface area contributed by atoms with Crippen LogP contribution in [0.2, 0.25) is 0 Å². The normalized spacial score (nSPS) is 11.6. The van der Waals surface area contributed by atoms with E-state index in [1.165, 1.54) is 23.5 Å². The molecular weight excluding hydrogens is 424 g/mol. The van der Waals surface area contributed by atoms with Gasteiger partial charge in [0.2, 0.25) is 5.91 Å². The lowest BCUT2D eigenvalue weighted by Crippen LogP contribution is -2.21. The van der Waals surface area contributed by atoms with Crippen LogP contribution in [0.3, 0.4) is 0 Å². The average Bonchev–Trinajstić information content (AvgIpc) is 3.13. The van der Waals surface area contributed by atoms with E-state index in [1.54, 1.807) is 18.2 Å². The predicted octanol–water partition coefficient (Wildman–Crippen LogP) is 3.10. The molecule has 1 atom stereocenters. The van der Waals surface area contributed by atoms with Crippen molar-refractivity contribution >= 4 is 44.9 Å². The molecule has 0 spiro atoms. The number of carbonyl (C=O) groups is 3. The maximum absolute atomic E-state index is 12.3. The van der Waals surface area contributed by atoms with Gasteiger partial charge in [-0.05, 0) is 29.3 Å². The van der Waals surface area contributed by atoms with E-state index in [2.05, 4.69) is 5.32 Å². The standard InChI is InChI=1S/C21H18N2O5S2/c22-19(25)16-10-17(14-4-2-1-3-5-14)29-20(16)23-18(24)12-30(28)11-13-6-8-15(9-7-13)21(26)27/h1-10H,11-12H2,(H2,22,25)(H,23,24)(H,26,27). The topological polar surface area (TPSA) is 127 Å². The fourth-order valence-corrected chi connectivity index (χ4v) is 4.82. The van der Waals surface area contributed by atoms with Crippen LogP contribution in [0.5, 0.6) is 0 Å². The van der Waals surface area contributed by atoms with Gasteiger partial charge >= 0.3 is 5.97 Å². The number of amides is 2. The molecule has 1 heterocycles. The molecule has 0 saturated heterocycles. The molecule has 0 aliphatic heterocycles. The fourth-order valence-electron chi connectivity index (χ4n) is 2.70. The van der Waals surface area contributed by atoms with Crippen molar-refractivity contribution in [1.82, 2.24) is 0 Å². The van der Waals surface area contributed by atoms with Crippen molar-refractivity contribution in [2.75, 3.05) is 11.1 Å². The number of primary amides is 1. The Morgan fingerprint density at radius 1 is 1.03 bits per heavy atom. The highest BCUT2D eigenvalue weighted by Gasteiger charge is 2.18. The van der Waals surface area contributed by atoms with Crippen LogP contribution in [-0.2, 0) is 21.3 Å². The smallest absolute Gasteiger partial charge is 0.335 e. The van der Waals surface area contributed by atoms with Gasteiger partial charge in [-0.25, -0.2) is 4.79 Å². The van der Waals surface area contributed by atoms with Crippen LogP contribution in [0.4, 0.5) is 5.00 Å². The largest absolute Gasteiger partial charge is 0.478 e. The van der Waals surface area contributed by atoms with Crippen molar-refractivity contribution in [3.05, 3.63) is 77.4 Å². The van der Waals surface area contributed by atoms with Crippen LogP contribution in [0.1, 0.15) is 26.3 Å². The van der Waals surface area contributed by atoms with Crippen molar-refractivity contribution < 1.29 is 23.7 Å². The van der Waals surface area contributed by atoms with Gasteiger partial charge in [0.15, 0.2) is 0 Å². The Labute approximate surface area is 179 Å². The first kappa shape index (κ1) is 21.4. The number of nitrogens with one attached hydrogen (secondary N) is 1. The molecule has 9 heteroatoms. The van der Waals surface area contributed by atoms with Gasteiger partial charge in [0.1, 0.15) is 10.8 Å². The highest BCUT2D eigenvalue weighted by molar-refractivity contribution is 7.85. The molecule has 30 heavy (non-hydrogen) atoms. The number of carboxylic acid groups (broad SMARTS) is 1. The Morgan fingerprint density at radius 3 is 2.30 bits per heavy atom. The first-order valence-corrected chi connectivity index (χ1v) is 11.1. The maximum Gasteiger partial charge on any atom is 0.335 e. The lowest BCUT2D eigenvalue weighted by molar-refractivity contribution is -0.113. The second-order valence-corrected chi connectivity index (χ2v) is 8.87.